The highest BCUT2D eigenvalue weighted by atomic mass is 16.7. The number of nitrogens with two attached hydrogens (primary N) is 1. The molecule has 6 heteroatoms. The van der Waals surface area contributed by atoms with Gasteiger partial charge in [-0.25, -0.2) is 0 Å². The van der Waals surface area contributed by atoms with E-state index >= 15 is 0 Å². The highest BCUT2D eigenvalue weighted by Gasteiger charge is 2.48. The molecule has 6 unspecified atom stereocenters. The Kier molecular flexibility index (Phi) is 8.02. The predicted octanol–water partition coefficient (Wildman–Crippen LogP) is 1.32. The first-order valence-electron chi connectivity index (χ1n) is 8.78. The number of rotatable bonds is 10. The first kappa shape index (κ1) is 21.3. The van der Waals surface area contributed by atoms with E-state index < -0.39 is 11.6 Å². The Morgan fingerprint density at radius 2 is 2.12 bits per heavy atom. The van der Waals surface area contributed by atoms with Gasteiger partial charge in [-0.3, -0.25) is 9.69 Å². The van der Waals surface area contributed by atoms with Crippen molar-refractivity contribution in [3.05, 3.63) is 12.7 Å². The summed E-state index contributed by atoms with van der Waals surface area (Å²) in [5, 5.41) is 10.8. The van der Waals surface area contributed by atoms with Crippen LogP contribution in [0.25, 0.3) is 0 Å². The second-order valence-electron chi connectivity index (χ2n) is 6.71. The molecule has 3 N–H and O–H groups in total. The van der Waals surface area contributed by atoms with Crippen molar-refractivity contribution in [3.63, 3.8) is 0 Å². The summed E-state index contributed by atoms with van der Waals surface area (Å²) in [6.07, 6.45) is 2.33. The van der Waals surface area contributed by atoms with E-state index in [0.29, 0.717) is 26.1 Å². The van der Waals surface area contributed by atoms with Gasteiger partial charge in [-0.15, -0.1) is 6.58 Å². The first-order chi connectivity index (χ1) is 11.2. The lowest BCUT2D eigenvalue weighted by Gasteiger charge is -2.40. The fourth-order valence-corrected chi connectivity index (χ4v) is 3.65. The molecule has 0 bridgehead atoms. The normalized spacial score (nSPS) is 29.9. The molecule has 1 heterocycles. The van der Waals surface area contributed by atoms with Gasteiger partial charge in [0.05, 0.1) is 24.3 Å². The largest absolute Gasteiger partial charge is 0.384 e. The van der Waals surface area contributed by atoms with Crippen molar-refractivity contribution in [2.24, 2.45) is 11.7 Å². The Morgan fingerprint density at radius 1 is 1.50 bits per heavy atom. The van der Waals surface area contributed by atoms with Crippen molar-refractivity contribution in [2.75, 3.05) is 20.3 Å². The molecule has 140 valence electrons. The summed E-state index contributed by atoms with van der Waals surface area (Å²) in [6, 6.07) is -0.927. The second kappa shape index (κ2) is 9.06. The maximum absolute atomic E-state index is 12.0. The van der Waals surface area contributed by atoms with Crippen LogP contribution in [0.5, 0.6) is 0 Å². The molecule has 0 aromatic heterocycles. The molecule has 0 aliphatic carbocycles. The number of likely N-dealkylation sites (N-methyl/N-ethyl adjacent to an activating group) is 1. The third-order valence-electron chi connectivity index (χ3n) is 5.25. The number of likely N-dealkylation sites (tertiary alicyclic amines) is 1. The lowest BCUT2D eigenvalue weighted by Crippen LogP contribution is -2.59. The van der Waals surface area contributed by atoms with Crippen LogP contribution < -0.4 is 5.73 Å². The van der Waals surface area contributed by atoms with Crippen molar-refractivity contribution in [3.8, 4) is 0 Å². The van der Waals surface area contributed by atoms with Gasteiger partial charge in [0.2, 0.25) is 0 Å². The Labute approximate surface area is 146 Å². The molecule has 0 aromatic rings. The molecule has 1 saturated heterocycles. The van der Waals surface area contributed by atoms with Gasteiger partial charge >= 0.3 is 0 Å². The van der Waals surface area contributed by atoms with E-state index in [1.807, 2.05) is 32.7 Å². The lowest BCUT2D eigenvalue weighted by atomic mass is 9.82. The van der Waals surface area contributed by atoms with E-state index in [9.17, 15) is 9.90 Å². The topological polar surface area (TPSA) is 85.0 Å². The summed E-state index contributed by atoms with van der Waals surface area (Å²) in [5.74, 6) is 0.147. The standard InChI is InChI=1S/C18H34N2O4/c1-7-18(22,8-2)17(19)16-14(11-24-13(5)23-9-3)10-15(12(4)21)20(16)6/h7,13-17,22H,1,8-11,19H2,2-6H3. The minimum absolute atomic E-state index is 0.0415. The van der Waals surface area contributed by atoms with Crippen molar-refractivity contribution in [1.29, 1.82) is 0 Å². The van der Waals surface area contributed by atoms with Gasteiger partial charge in [-0.1, -0.05) is 13.0 Å². The molecule has 0 radical (unpaired) electrons. The van der Waals surface area contributed by atoms with Crippen molar-refractivity contribution in [1.82, 2.24) is 4.90 Å². The third kappa shape index (κ3) is 4.64. The molecule has 1 aliphatic heterocycles. The van der Waals surface area contributed by atoms with Crippen molar-refractivity contribution >= 4 is 5.78 Å². The SMILES string of the molecule is C=CC(O)(CC)C(N)C1C(COC(C)OCC)CC(C(C)=O)N1C. The Balaban J connectivity index is 2.96. The van der Waals surface area contributed by atoms with Crippen LogP contribution in [0.3, 0.4) is 0 Å². The smallest absolute Gasteiger partial charge is 0.154 e. The summed E-state index contributed by atoms with van der Waals surface area (Å²) in [6.45, 7) is 12.0. The summed E-state index contributed by atoms with van der Waals surface area (Å²) in [4.78, 5) is 14.0. The van der Waals surface area contributed by atoms with Crippen LogP contribution in [0.4, 0.5) is 0 Å². The molecule has 0 aromatic carbocycles. The van der Waals surface area contributed by atoms with E-state index in [4.69, 9.17) is 15.2 Å². The lowest BCUT2D eigenvalue weighted by molar-refractivity contribution is -0.138. The van der Waals surface area contributed by atoms with E-state index in [1.165, 1.54) is 6.08 Å². The molecule has 0 spiro atoms. The zero-order chi connectivity index (χ0) is 18.5. The minimum Gasteiger partial charge on any atom is -0.384 e. The van der Waals surface area contributed by atoms with Crippen molar-refractivity contribution < 1.29 is 19.4 Å². The van der Waals surface area contributed by atoms with Gasteiger partial charge in [-0.2, -0.15) is 0 Å². The van der Waals surface area contributed by atoms with Gasteiger partial charge in [-0.05, 0) is 40.7 Å². The number of hydrogen-bond donors (Lipinski definition) is 2. The predicted molar refractivity (Wildman–Crippen MR) is 94.6 cm³/mol. The third-order valence-corrected chi connectivity index (χ3v) is 5.25. The first-order valence-corrected chi connectivity index (χ1v) is 8.78. The van der Waals surface area contributed by atoms with Gasteiger partial charge in [0.25, 0.3) is 0 Å². The number of hydrogen-bond acceptors (Lipinski definition) is 6. The fourth-order valence-electron chi connectivity index (χ4n) is 3.65. The van der Waals surface area contributed by atoms with Crippen molar-refractivity contribution in [2.45, 2.75) is 70.6 Å². The van der Waals surface area contributed by atoms with E-state index in [0.717, 1.165) is 0 Å². The van der Waals surface area contributed by atoms with Crippen LogP contribution in [-0.2, 0) is 14.3 Å². The molecule has 1 rings (SSSR count). The van der Waals surface area contributed by atoms with Crippen LogP contribution in [0.1, 0.15) is 40.5 Å². The van der Waals surface area contributed by atoms with Gasteiger partial charge in [0, 0.05) is 18.6 Å². The average molecular weight is 342 g/mol. The molecule has 24 heavy (non-hydrogen) atoms. The van der Waals surface area contributed by atoms with Crippen LogP contribution in [0.15, 0.2) is 12.7 Å². The summed E-state index contributed by atoms with van der Waals surface area (Å²) in [7, 11) is 1.89. The summed E-state index contributed by atoms with van der Waals surface area (Å²) in [5.41, 5.74) is 5.25. The zero-order valence-electron chi connectivity index (χ0n) is 15.7. The number of aliphatic hydroxyl groups is 1. The Morgan fingerprint density at radius 3 is 2.58 bits per heavy atom. The Bertz CT molecular complexity index is 431. The quantitative estimate of drug-likeness (QED) is 0.460. The fraction of sp³-hybridized carbons (Fsp3) is 0.833. The number of Topliss-reactive ketones (excluding diaryl/α,β-unsaturated/α-hetero) is 1. The van der Waals surface area contributed by atoms with Gasteiger partial charge in [0.15, 0.2) is 6.29 Å². The molecule has 0 saturated carbocycles. The molecular weight excluding hydrogens is 308 g/mol. The van der Waals surface area contributed by atoms with E-state index in [1.54, 1.807) is 6.92 Å². The number of ether oxygens (including phenoxy) is 2. The van der Waals surface area contributed by atoms with Crippen LogP contribution >= 0.6 is 0 Å². The van der Waals surface area contributed by atoms with Gasteiger partial charge in [0.1, 0.15) is 5.78 Å². The molecular formula is C18H34N2O4. The number of carbonyl (C=O) groups is 1. The molecule has 1 fully saturated rings. The minimum atomic E-state index is -1.17. The highest BCUT2D eigenvalue weighted by Crippen LogP contribution is 2.35. The maximum Gasteiger partial charge on any atom is 0.154 e. The second-order valence-corrected chi connectivity index (χ2v) is 6.71. The van der Waals surface area contributed by atoms with E-state index in [2.05, 4.69) is 6.58 Å². The monoisotopic (exact) mass is 342 g/mol. The van der Waals surface area contributed by atoms with Crippen LogP contribution in [0.2, 0.25) is 0 Å². The number of nitrogens with zero attached hydrogens (tertiary/aromatic N) is 1. The molecule has 0 amide bonds. The van der Waals surface area contributed by atoms with Crippen LogP contribution in [-0.4, -0.2) is 66.1 Å². The maximum atomic E-state index is 12.0. The number of carbonyl (C=O) groups excluding carboxylic acids is 1. The van der Waals surface area contributed by atoms with Crippen LogP contribution in [0, 0.1) is 5.92 Å². The zero-order valence-corrected chi connectivity index (χ0v) is 15.7. The molecule has 1 aliphatic rings. The molecule has 6 nitrogen and oxygen atoms in total. The Hall–Kier alpha value is -0.790. The van der Waals surface area contributed by atoms with E-state index in [-0.39, 0.29) is 30.1 Å². The number of ketones is 1. The van der Waals surface area contributed by atoms with Gasteiger partial charge < -0.3 is 20.3 Å². The highest BCUT2D eigenvalue weighted by molar-refractivity contribution is 5.81. The average Bonchev–Trinajstić information content (AvgIpc) is 2.88. The summed E-state index contributed by atoms with van der Waals surface area (Å²) < 4.78 is 11.2. The molecule has 6 atom stereocenters. The summed E-state index contributed by atoms with van der Waals surface area (Å²) >= 11 is 0.